The first-order chi connectivity index (χ1) is 16.9. The number of carbonyl (C=O) groups is 5. The summed E-state index contributed by atoms with van der Waals surface area (Å²) in [6, 6.07) is 1.00. The van der Waals surface area contributed by atoms with Crippen LogP contribution in [0.1, 0.15) is 18.9 Å². The zero-order chi connectivity index (χ0) is 27.0. The third-order valence-corrected chi connectivity index (χ3v) is 5.33. The molecule has 0 saturated heterocycles. The summed E-state index contributed by atoms with van der Waals surface area (Å²) >= 11 is 0. The van der Waals surface area contributed by atoms with Crippen LogP contribution in [0.5, 0.6) is 0 Å². The molecule has 196 valence electrons. The number of benzene rings is 1. The van der Waals surface area contributed by atoms with Crippen LogP contribution in [0.4, 0.5) is 0 Å². The van der Waals surface area contributed by atoms with Crippen molar-refractivity contribution < 1.29 is 44.4 Å². The molecule has 0 radical (unpaired) electrons. The van der Waals surface area contributed by atoms with Crippen molar-refractivity contribution in [2.24, 2.45) is 5.73 Å². The fraction of sp³-hybridized carbons (Fsp3) is 0.409. The molecular formula is C22H29N5O9. The summed E-state index contributed by atoms with van der Waals surface area (Å²) in [5, 5.41) is 44.8. The first kappa shape index (κ1) is 28.2. The number of aliphatic hydroxyl groups is 2. The number of aliphatic carboxylic acids is 2. The number of H-pyrrole nitrogens is 1. The van der Waals surface area contributed by atoms with Crippen LogP contribution < -0.4 is 21.7 Å². The summed E-state index contributed by atoms with van der Waals surface area (Å²) in [4.78, 5) is 63.1. The molecule has 2 rings (SSSR count). The Labute approximate surface area is 204 Å². The van der Waals surface area contributed by atoms with Gasteiger partial charge in [-0.1, -0.05) is 18.2 Å². The molecule has 0 aliphatic carbocycles. The molecule has 5 atom stereocenters. The maximum atomic E-state index is 13.0. The van der Waals surface area contributed by atoms with E-state index in [1.807, 2.05) is 0 Å². The quantitative estimate of drug-likeness (QED) is 0.137. The normalized spacial score (nSPS) is 15.2. The molecule has 0 spiro atoms. The van der Waals surface area contributed by atoms with E-state index >= 15 is 0 Å². The maximum Gasteiger partial charge on any atom is 0.328 e. The fourth-order valence-electron chi connectivity index (χ4n) is 3.40. The predicted molar refractivity (Wildman–Crippen MR) is 124 cm³/mol. The fourth-order valence-corrected chi connectivity index (χ4v) is 3.40. The molecule has 5 unspecified atom stereocenters. The molecule has 0 saturated carbocycles. The van der Waals surface area contributed by atoms with E-state index in [1.54, 1.807) is 30.5 Å². The molecule has 14 heteroatoms. The van der Waals surface area contributed by atoms with Crippen LogP contribution in [0.15, 0.2) is 30.5 Å². The Hall–Kier alpha value is -4.01. The van der Waals surface area contributed by atoms with Crippen LogP contribution in [-0.2, 0) is 30.4 Å². The molecule has 3 amide bonds. The first-order valence-electron chi connectivity index (χ1n) is 10.9. The van der Waals surface area contributed by atoms with Crippen LogP contribution in [-0.4, -0.2) is 91.9 Å². The lowest BCUT2D eigenvalue weighted by atomic mass is 10.0. The number of fused-ring (bicyclic) bond motifs is 1. The second-order valence-corrected chi connectivity index (χ2v) is 8.14. The molecule has 0 aliphatic rings. The van der Waals surface area contributed by atoms with Gasteiger partial charge in [-0.2, -0.15) is 0 Å². The number of rotatable bonds is 13. The van der Waals surface area contributed by atoms with Gasteiger partial charge < -0.3 is 47.1 Å². The number of para-hydroxylation sites is 1. The second kappa shape index (κ2) is 12.6. The van der Waals surface area contributed by atoms with Gasteiger partial charge in [0.25, 0.3) is 0 Å². The van der Waals surface area contributed by atoms with E-state index in [4.69, 9.17) is 10.8 Å². The average molecular weight is 508 g/mol. The largest absolute Gasteiger partial charge is 0.481 e. The molecule has 1 aromatic heterocycles. The van der Waals surface area contributed by atoms with Gasteiger partial charge in [-0.15, -0.1) is 0 Å². The Kier molecular flexibility index (Phi) is 9.90. The van der Waals surface area contributed by atoms with Crippen molar-refractivity contribution in [3.63, 3.8) is 0 Å². The number of aromatic nitrogens is 1. The minimum atomic E-state index is -1.66. The highest BCUT2D eigenvalue weighted by molar-refractivity contribution is 5.95. The monoisotopic (exact) mass is 507 g/mol. The highest BCUT2D eigenvalue weighted by Crippen LogP contribution is 2.19. The van der Waals surface area contributed by atoms with E-state index < -0.39 is 73.0 Å². The van der Waals surface area contributed by atoms with E-state index in [1.165, 1.54) is 6.92 Å². The highest BCUT2D eigenvalue weighted by atomic mass is 16.4. The van der Waals surface area contributed by atoms with Gasteiger partial charge in [0.15, 0.2) is 6.04 Å². The molecule has 0 aliphatic heterocycles. The molecule has 10 N–H and O–H groups in total. The number of amides is 3. The Balaban J connectivity index is 2.26. The van der Waals surface area contributed by atoms with E-state index in [-0.39, 0.29) is 6.42 Å². The number of aromatic amines is 1. The SMILES string of the molecule is CC(O)C(NC(=O)C(Cc1c[nH]c2ccccc12)NC(=O)C(CO)NC(=O)C(N)CC(=O)O)C(=O)O. The molecule has 36 heavy (non-hydrogen) atoms. The zero-order valence-electron chi connectivity index (χ0n) is 19.3. The number of carboxylic acid groups (broad SMARTS) is 2. The number of nitrogens with two attached hydrogens (primary N) is 1. The van der Waals surface area contributed by atoms with Crippen molar-refractivity contribution in [2.45, 2.75) is 50.0 Å². The molecule has 1 heterocycles. The van der Waals surface area contributed by atoms with E-state index in [2.05, 4.69) is 20.9 Å². The van der Waals surface area contributed by atoms with Crippen molar-refractivity contribution in [1.82, 2.24) is 20.9 Å². The lowest BCUT2D eigenvalue weighted by Crippen LogP contribution is -2.59. The van der Waals surface area contributed by atoms with Gasteiger partial charge in [0.2, 0.25) is 17.7 Å². The van der Waals surface area contributed by atoms with E-state index in [0.29, 0.717) is 5.56 Å². The van der Waals surface area contributed by atoms with Gasteiger partial charge in [0, 0.05) is 23.5 Å². The number of carboxylic acids is 2. The summed E-state index contributed by atoms with van der Waals surface area (Å²) in [6.07, 6.45) is -0.668. The minimum absolute atomic E-state index is 0.113. The topological polar surface area (TPSA) is 244 Å². The van der Waals surface area contributed by atoms with Crippen molar-refractivity contribution in [3.05, 3.63) is 36.0 Å². The first-order valence-corrected chi connectivity index (χ1v) is 10.9. The van der Waals surface area contributed by atoms with E-state index in [0.717, 1.165) is 10.9 Å². The lowest BCUT2D eigenvalue weighted by molar-refractivity contribution is -0.145. The average Bonchev–Trinajstić information content (AvgIpc) is 3.21. The number of hydrogen-bond donors (Lipinski definition) is 9. The van der Waals surface area contributed by atoms with E-state index in [9.17, 15) is 39.3 Å². The Morgan fingerprint density at radius 1 is 0.972 bits per heavy atom. The number of carbonyl (C=O) groups excluding carboxylic acids is 3. The number of aliphatic hydroxyl groups excluding tert-OH is 2. The van der Waals surface area contributed by atoms with Gasteiger partial charge in [-0.25, -0.2) is 4.79 Å². The van der Waals surface area contributed by atoms with Gasteiger partial charge >= 0.3 is 11.9 Å². The van der Waals surface area contributed by atoms with Crippen LogP contribution in [0.3, 0.4) is 0 Å². The Morgan fingerprint density at radius 3 is 2.17 bits per heavy atom. The van der Waals surface area contributed by atoms with Gasteiger partial charge in [0.1, 0.15) is 12.1 Å². The van der Waals surface area contributed by atoms with Crippen molar-refractivity contribution in [1.29, 1.82) is 0 Å². The van der Waals surface area contributed by atoms with Crippen LogP contribution in [0.25, 0.3) is 10.9 Å². The standard InChI is InChI=1S/C22H29N5O9/c1-10(29)18(22(35)36)27-20(33)15(6-11-8-24-14-5-3-2-4-12(11)14)25-21(34)16(9-28)26-19(32)13(23)7-17(30)31/h2-5,8,10,13,15-16,18,24,28-29H,6-7,9,23H2,1H3,(H,25,34)(H,26,32)(H,27,33)(H,30,31)(H,35,36). The molecule has 2 aromatic rings. The van der Waals surface area contributed by atoms with Gasteiger partial charge in [-0.05, 0) is 18.6 Å². The molecule has 0 fully saturated rings. The Morgan fingerprint density at radius 2 is 1.58 bits per heavy atom. The smallest absolute Gasteiger partial charge is 0.328 e. The zero-order valence-corrected chi connectivity index (χ0v) is 19.3. The summed E-state index contributed by atoms with van der Waals surface area (Å²) in [7, 11) is 0. The van der Waals surface area contributed by atoms with Crippen LogP contribution in [0.2, 0.25) is 0 Å². The van der Waals surface area contributed by atoms with Gasteiger partial charge in [0.05, 0.1) is 25.2 Å². The summed E-state index contributed by atoms with van der Waals surface area (Å²) in [6.45, 7) is 0.272. The molecular weight excluding hydrogens is 478 g/mol. The number of hydrogen-bond acceptors (Lipinski definition) is 8. The highest BCUT2D eigenvalue weighted by Gasteiger charge is 2.32. The summed E-state index contributed by atoms with van der Waals surface area (Å²) < 4.78 is 0. The van der Waals surface area contributed by atoms with Crippen molar-refractivity contribution in [3.8, 4) is 0 Å². The Bertz CT molecular complexity index is 1120. The van der Waals surface area contributed by atoms with Crippen molar-refractivity contribution in [2.75, 3.05) is 6.61 Å². The predicted octanol–water partition coefficient (Wildman–Crippen LogP) is -2.58. The minimum Gasteiger partial charge on any atom is -0.481 e. The third kappa shape index (κ3) is 7.49. The lowest BCUT2D eigenvalue weighted by Gasteiger charge is -2.25. The second-order valence-electron chi connectivity index (χ2n) is 8.14. The summed E-state index contributed by atoms with van der Waals surface area (Å²) in [5.41, 5.74) is 6.82. The number of nitrogens with one attached hydrogen (secondary N) is 4. The third-order valence-electron chi connectivity index (χ3n) is 5.33. The van der Waals surface area contributed by atoms with Crippen molar-refractivity contribution >= 4 is 40.6 Å². The van der Waals surface area contributed by atoms with Crippen LogP contribution in [0, 0.1) is 0 Å². The molecule has 0 bridgehead atoms. The van der Waals surface area contributed by atoms with Gasteiger partial charge in [-0.3, -0.25) is 19.2 Å². The summed E-state index contributed by atoms with van der Waals surface area (Å²) in [5.74, 6) is -5.79. The molecule has 1 aromatic carbocycles. The molecule has 14 nitrogen and oxygen atoms in total. The van der Waals surface area contributed by atoms with Crippen LogP contribution >= 0.6 is 0 Å². The maximum absolute atomic E-state index is 13.0.